The van der Waals surface area contributed by atoms with Crippen molar-refractivity contribution in [2.45, 2.75) is 6.92 Å². The second kappa shape index (κ2) is 6.30. The van der Waals surface area contributed by atoms with Gasteiger partial charge in [-0.1, -0.05) is 29.8 Å². The number of nitrogens with zero attached hydrogens (tertiary/aromatic N) is 2. The molecule has 2 aromatic heterocycles. The van der Waals surface area contributed by atoms with Crippen LogP contribution in [0.15, 0.2) is 59.2 Å². The van der Waals surface area contributed by atoms with Crippen LogP contribution < -0.4 is 0 Å². The van der Waals surface area contributed by atoms with Crippen molar-refractivity contribution in [3.05, 3.63) is 71.2 Å². The zero-order valence-electron chi connectivity index (χ0n) is 13.9. The highest BCUT2D eigenvalue weighted by Crippen LogP contribution is 2.22. The fourth-order valence-electron chi connectivity index (χ4n) is 2.88. The quantitative estimate of drug-likeness (QED) is 0.512. The van der Waals surface area contributed by atoms with E-state index in [4.69, 9.17) is 16.0 Å². The van der Waals surface area contributed by atoms with Crippen LogP contribution in [-0.2, 0) is 10.0 Å². The Kier molecular flexibility index (Phi) is 4.09. The molecule has 0 saturated carbocycles. The van der Waals surface area contributed by atoms with Crippen LogP contribution in [0.5, 0.6) is 0 Å². The molecule has 0 unspecified atom stereocenters. The largest absolute Gasteiger partial charge is 0.441 e. The van der Waals surface area contributed by atoms with Crippen molar-refractivity contribution in [1.29, 1.82) is 0 Å². The van der Waals surface area contributed by atoms with E-state index in [1.54, 1.807) is 49.5 Å². The van der Waals surface area contributed by atoms with Gasteiger partial charge in [0.05, 0.1) is 11.3 Å². The molecule has 0 aliphatic heterocycles. The van der Waals surface area contributed by atoms with Crippen LogP contribution in [-0.4, -0.2) is 23.1 Å². The molecule has 0 fully saturated rings. The second-order valence-corrected chi connectivity index (χ2v) is 8.28. The Hall–Kier alpha value is -2.57. The van der Waals surface area contributed by atoms with Gasteiger partial charge in [-0.3, -0.25) is 0 Å². The number of fused-ring (bicyclic) bond motifs is 2. The maximum absolute atomic E-state index is 12.6. The van der Waals surface area contributed by atoms with Gasteiger partial charge >= 0.3 is 0 Å². The van der Waals surface area contributed by atoms with Crippen LogP contribution in [0.2, 0.25) is 5.02 Å². The average Bonchev–Trinajstić information content (AvgIpc) is 3.16. The third-order valence-electron chi connectivity index (χ3n) is 4.05. The Morgan fingerprint density at radius 2 is 2.04 bits per heavy atom. The Labute approximate surface area is 155 Å². The number of rotatable bonds is 4. The van der Waals surface area contributed by atoms with Gasteiger partial charge in [0.25, 0.3) is 0 Å². The summed E-state index contributed by atoms with van der Waals surface area (Å²) in [6.07, 6.45) is 4.94. The van der Waals surface area contributed by atoms with Crippen LogP contribution >= 0.6 is 11.6 Å². The summed E-state index contributed by atoms with van der Waals surface area (Å²) >= 11 is 5.95. The highest BCUT2D eigenvalue weighted by Gasteiger charge is 2.14. The fraction of sp³-hybridized carbons (Fsp3) is 0.105. The molecule has 0 atom stereocenters. The second-order valence-electron chi connectivity index (χ2n) is 5.96. The van der Waals surface area contributed by atoms with Gasteiger partial charge in [0.15, 0.2) is 11.5 Å². The first-order valence-corrected chi connectivity index (χ1v) is 9.95. The molecular weight excluding hydrogens is 372 g/mol. The molecule has 0 saturated heterocycles. The summed E-state index contributed by atoms with van der Waals surface area (Å²) < 4.78 is 32.1. The molecule has 4 aromatic rings. The van der Waals surface area contributed by atoms with E-state index < -0.39 is 10.0 Å². The molecular formula is C19H15ClN2O3S. The predicted molar refractivity (Wildman–Crippen MR) is 104 cm³/mol. The number of aryl methyl sites for hydroxylation is 1. The molecule has 0 N–H and O–H groups in total. The molecule has 132 valence electrons. The molecule has 0 amide bonds. The minimum Gasteiger partial charge on any atom is -0.441 e. The maximum atomic E-state index is 12.6. The van der Waals surface area contributed by atoms with E-state index >= 15 is 0 Å². The van der Waals surface area contributed by atoms with E-state index in [9.17, 15) is 8.42 Å². The highest BCUT2D eigenvalue weighted by molar-refractivity contribution is 7.90. The minimum atomic E-state index is -3.51. The van der Waals surface area contributed by atoms with E-state index in [0.29, 0.717) is 22.0 Å². The Bertz CT molecular complexity index is 1250. The minimum absolute atomic E-state index is 0.118. The molecule has 5 nitrogen and oxygen atoms in total. The number of hydrogen-bond acceptors (Lipinski definition) is 4. The standard InChI is InChI=1S/C19H15ClN2O3S/c1-13-21-17-6-4-14(11-19(17)25-13)3-2-10-26(23,24)22-9-8-15-12-16(20)5-7-18(15)22/h2-9,11-12H,10H2,1H3. The average molecular weight is 387 g/mol. The van der Waals surface area contributed by atoms with Crippen LogP contribution in [0.4, 0.5) is 0 Å². The zero-order valence-corrected chi connectivity index (χ0v) is 15.5. The summed E-state index contributed by atoms with van der Waals surface area (Å²) in [7, 11) is -3.51. The first-order valence-electron chi connectivity index (χ1n) is 7.96. The summed E-state index contributed by atoms with van der Waals surface area (Å²) in [6, 6.07) is 12.4. The van der Waals surface area contributed by atoms with Crippen LogP contribution in [0.3, 0.4) is 0 Å². The number of oxazole rings is 1. The molecule has 4 rings (SSSR count). The Morgan fingerprint density at radius 1 is 1.19 bits per heavy atom. The lowest BCUT2D eigenvalue weighted by atomic mass is 10.2. The van der Waals surface area contributed by atoms with E-state index in [1.807, 2.05) is 18.2 Å². The number of hydrogen-bond donors (Lipinski definition) is 0. The lowest BCUT2D eigenvalue weighted by Gasteiger charge is -2.05. The molecule has 2 aromatic carbocycles. The van der Waals surface area contributed by atoms with Crippen molar-refractivity contribution in [2.24, 2.45) is 0 Å². The van der Waals surface area contributed by atoms with Gasteiger partial charge in [0, 0.05) is 23.5 Å². The van der Waals surface area contributed by atoms with Crippen LogP contribution in [0.25, 0.3) is 28.1 Å². The van der Waals surface area contributed by atoms with Gasteiger partial charge in [-0.15, -0.1) is 0 Å². The summed E-state index contributed by atoms with van der Waals surface area (Å²) in [5.41, 5.74) is 2.93. The van der Waals surface area contributed by atoms with Gasteiger partial charge in [0.1, 0.15) is 5.52 Å². The molecule has 0 spiro atoms. The number of halogens is 1. The van der Waals surface area contributed by atoms with Gasteiger partial charge in [0.2, 0.25) is 10.0 Å². The normalized spacial score (nSPS) is 12.5. The van der Waals surface area contributed by atoms with E-state index in [0.717, 1.165) is 16.5 Å². The van der Waals surface area contributed by atoms with Gasteiger partial charge in [-0.25, -0.2) is 17.4 Å². The van der Waals surface area contributed by atoms with E-state index in [1.165, 1.54) is 3.97 Å². The van der Waals surface area contributed by atoms with Crippen molar-refractivity contribution in [2.75, 3.05) is 5.75 Å². The van der Waals surface area contributed by atoms with E-state index in [2.05, 4.69) is 4.98 Å². The third kappa shape index (κ3) is 3.13. The van der Waals surface area contributed by atoms with Gasteiger partial charge < -0.3 is 4.42 Å². The fourth-order valence-corrected chi connectivity index (χ4v) is 4.27. The number of aromatic nitrogens is 2. The summed E-state index contributed by atoms with van der Waals surface area (Å²) in [6.45, 7) is 1.79. The zero-order chi connectivity index (χ0) is 18.3. The van der Waals surface area contributed by atoms with Crippen molar-refractivity contribution in [1.82, 2.24) is 8.96 Å². The monoisotopic (exact) mass is 386 g/mol. The van der Waals surface area contributed by atoms with Crippen LogP contribution in [0, 0.1) is 6.92 Å². The predicted octanol–water partition coefficient (Wildman–Crippen LogP) is 4.64. The van der Waals surface area contributed by atoms with Gasteiger partial charge in [-0.05, 0) is 42.0 Å². The Morgan fingerprint density at radius 3 is 2.88 bits per heavy atom. The molecule has 0 aliphatic rings. The van der Waals surface area contributed by atoms with Crippen molar-refractivity contribution in [3.8, 4) is 0 Å². The summed E-state index contributed by atoms with van der Waals surface area (Å²) in [5.74, 6) is 0.482. The molecule has 0 radical (unpaired) electrons. The molecule has 2 heterocycles. The first-order chi connectivity index (χ1) is 12.4. The van der Waals surface area contributed by atoms with Crippen molar-refractivity contribution in [3.63, 3.8) is 0 Å². The highest BCUT2D eigenvalue weighted by atomic mass is 35.5. The Balaban J connectivity index is 1.59. The topological polar surface area (TPSA) is 65.1 Å². The SMILES string of the molecule is Cc1nc2ccc(C=CCS(=O)(=O)n3ccc4cc(Cl)ccc43)cc2o1. The molecule has 26 heavy (non-hydrogen) atoms. The number of benzene rings is 2. The third-order valence-corrected chi connectivity index (χ3v) is 5.82. The van der Waals surface area contributed by atoms with Crippen molar-refractivity contribution >= 4 is 49.7 Å². The first kappa shape index (κ1) is 16.9. The van der Waals surface area contributed by atoms with Crippen LogP contribution in [0.1, 0.15) is 11.5 Å². The lowest BCUT2D eigenvalue weighted by molar-refractivity contribution is 0.561. The van der Waals surface area contributed by atoms with E-state index in [-0.39, 0.29) is 5.75 Å². The lowest BCUT2D eigenvalue weighted by Crippen LogP contribution is -2.14. The maximum Gasteiger partial charge on any atom is 0.242 e. The summed E-state index contributed by atoms with van der Waals surface area (Å²) in [4.78, 5) is 4.24. The van der Waals surface area contributed by atoms with Crippen molar-refractivity contribution < 1.29 is 12.8 Å². The van der Waals surface area contributed by atoms with Gasteiger partial charge in [-0.2, -0.15) is 0 Å². The summed E-state index contributed by atoms with van der Waals surface area (Å²) in [5, 5.41) is 1.36. The molecule has 0 aliphatic carbocycles. The smallest absolute Gasteiger partial charge is 0.242 e. The molecule has 0 bridgehead atoms. The molecule has 7 heteroatoms.